The van der Waals surface area contributed by atoms with Crippen molar-refractivity contribution in [1.29, 1.82) is 0 Å². The second-order valence-electron chi connectivity index (χ2n) is 4.06. The molecule has 1 aliphatic heterocycles. The third kappa shape index (κ3) is 2.45. The largest absolute Gasteiger partial charge is 0.494 e. The lowest BCUT2D eigenvalue weighted by Gasteiger charge is -2.15. The van der Waals surface area contributed by atoms with Crippen molar-refractivity contribution in [3.63, 3.8) is 0 Å². The minimum Gasteiger partial charge on any atom is -0.494 e. The fourth-order valence-electron chi connectivity index (χ4n) is 2.02. The van der Waals surface area contributed by atoms with E-state index in [1.165, 1.54) is 0 Å². The maximum absolute atomic E-state index is 11.2. The summed E-state index contributed by atoms with van der Waals surface area (Å²) >= 11 is 0. The van der Waals surface area contributed by atoms with Gasteiger partial charge in [0.05, 0.1) is 13.0 Å². The van der Waals surface area contributed by atoms with Crippen LogP contribution in [0.3, 0.4) is 0 Å². The summed E-state index contributed by atoms with van der Waals surface area (Å²) in [5.41, 5.74) is 0.652. The molecule has 1 saturated heterocycles. The molecule has 0 unspecified atom stereocenters. The van der Waals surface area contributed by atoms with Crippen LogP contribution in [0, 0.1) is 5.92 Å². The zero-order valence-electron chi connectivity index (χ0n) is 9.96. The number of cyclic esters (lactones) is 1. The molecule has 1 heterocycles. The van der Waals surface area contributed by atoms with Crippen LogP contribution in [-0.2, 0) is 14.3 Å². The van der Waals surface area contributed by atoms with Crippen molar-refractivity contribution >= 4 is 11.9 Å². The van der Waals surface area contributed by atoms with E-state index in [0.717, 1.165) is 0 Å². The van der Waals surface area contributed by atoms with Crippen LogP contribution in [0.25, 0.3) is 0 Å². The van der Waals surface area contributed by atoms with Gasteiger partial charge in [0, 0.05) is 0 Å². The summed E-state index contributed by atoms with van der Waals surface area (Å²) < 4.78 is 10.4. The molecule has 1 aromatic rings. The average molecular weight is 250 g/mol. The molecule has 1 aliphatic rings. The number of ether oxygens (including phenoxy) is 2. The molecule has 0 spiro atoms. The third-order valence-corrected chi connectivity index (χ3v) is 2.83. The Balaban J connectivity index is 2.26. The lowest BCUT2D eigenvalue weighted by Crippen LogP contribution is -2.17. The molecular weight excluding hydrogens is 236 g/mol. The number of esters is 1. The minimum absolute atomic E-state index is 0.0845. The van der Waals surface area contributed by atoms with Gasteiger partial charge in [-0.3, -0.25) is 9.59 Å². The van der Waals surface area contributed by atoms with Gasteiger partial charge in [0.2, 0.25) is 0 Å². The highest BCUT2D eigenvalue weighted by Crippen LogP contribution is 2.36. The van der Waals surface area contributed by atoms with Gasteiger partial charge >= 0.3 is 11.9 Å². The molecule has 0 amide bonds. The Morgan fingerprint density at radius 2 is 2.33 bits per heavy atom. The number of carboxylic acids is 1. The van der Waals surface area contributed by atoms with Gasteiger partial charge in [-0.25, -0.2) is 0 Å². The molecule has 18 heavy (non-hydrogen) atoms. The van der Waals surface area contributed by atoms with Crippen molar-refractivity contribution in [3.8, 4) is 5.75 Å². The van der Waals surface area contributed by atoms with Crippen LogP contribution in [-0.4, -0.2) is 23.7 Å². The molecule has 1 N–H and O–H groups in total. The molecule has 2 rings (SSSR count). The maximum atomic E-state index is 11.2. The summed E-state index contributed by atoms with van der Waals surface area (Å²) in [6.45, 7) is 2.39. The third-order valence-electron chi connectivity index (χ3n) is 2.83. The van der Waals surface area contributed by atoms with Crippen molar-refractivity contribution in [2.24, 2.45) is 5.92 Å². The van der Waals surface area contributed by atoms with Crippen molar-refractivity contribution in [2.75, 3.05) is 6.61 Å². The van der Waals surface area contributed by atoms with Crippen LogP contribution in [0.5, 0.6) is 5.75 Å². The SMILES string of the molecule is CCOc1cccc([C@H]2OC(=O)C[C@@H]2C(=O)O)c1. The zero-order valence-corrected chi connectivity index (χ0v) is 9.96. The van der Waals surface area contributed by atoms with E-state index < -0.39 is 24.0 Å². The van der Waals surface area contributed by atoms with Gasteiger partial charge in [-0.15, -0.1) is 0 Å². The van der Waals surface area contributed by atoms with E-state index in [1.807, 2.05) is 6.92 Å². The first-order valence-corrected chi connectivity index (χ1v) is 5.77. The number of carboxylic acid groups (broad SMARTS) is 1. The van der Waals surface area contributed by atoms with Crippen LogP contribution in [0.15, 0.2) is 24.3 Å². The zero-order chi connectivity index (χ0) is 13.1. The second kappa shape index (κ2) is 5.08. The van der Waals surface area contributed by atoms with E-state index in [4.69, 9.17) is 14.6 Å². The first kappa shape index (κ1) is 12.4. The molecule has 0 aromatic heterocycles. The van der Waals surface area contributed by atoms with Gasteiger partial charge in [0.15, 0.2) is 0 Å². The monoisotopic (exact) mass is 250 g/mol. The fraction of sp³-hybridized carbons (Fsp3) is 0.385. The number of aliphatic carboxylic acids is 1. The Hall–Kier alpha value is -2.04. The number of benzene rings is 1. The minimum atomic E-state index is -1.02. The number of carbonyl (C=O) groups excluding carboxylic acids is 1. The average Bonchev–Trinajstić information content (AvgIpc) is 2.72. The highest BCUT2D eigenvalue weighted by atomic mass is 16.6. The lowest BCUT2D eigenvalue weighted by atomic mass is 9.95. The predicted octanol–water partition coefficient (Wildman–Crippen LogP) is 1.77. The van der Waals surface area contributed by atoms with Gasteiger partial charge in [-0.1, -0.05) is 12.1 Å². The summed E-state index contributed by atoms with van der Waals surface area (Å²) in [6, 6.07) is 6.98. The number of hydrogen-bond donors (Lipinski definition) is 1. The van der Waals surface area contributed by atoms with Crippen molar-refractivity contribution < 1.29 is 24.2 Å². The van der Waals surface area contributed by atoms with E-state index in [0.29, 0.717) is 17.9 Å². The number of rotatable bonds is 4. The fourth-order valence-corrected chi connectivity index (χ4v) is 2.02. The number of hydrogen-bond acceptors (Lipinski definition) is 4. The Morgan fingerprint density at radius 3 is 3.00 bits per heavy atom. The van der Waals surface area contributed by atoms with Gasteiger partial charge < -0.3 is 14.6 Å². The molecule has 5 nitrogen and oxygen atoms in total. The highest BCUT2D eigenvalue weighted by molar-refractivity contribution is 5.82. The molecule has 0 aliphatic carbocycles. The lowest BCUT2D eigenvalue weighted by molar-refractivity contribution is -0.144. The van der Waals surface area contributed by atoms with E-state index in [-0.39, 0.29) is 6.42 Å². The Bertz CT molecular complexity index is 468. The van der Waals surface area contributed by atoms with Crippen molar-refractivity contribution in [1.82, 2.24) is 0 Å². The van der Waals surface area contributed by atoms with Crippen LogP contribution in [0.4, 0.5) is 0 Å². The highest BCUT2D eigenvalue weighted by Gasteiger charge is 2.40. The smallest absolute Gasteiger partial charge is 0.311 e. The summed E-state index contributed by atoms with van der Waals surface area (Å²) in [5, 5.41) is 9.07. The van der Waals surface area contributed by atoms with Gasteiger partial charge in [0.25, 0.3) is 0 Å². The summed E-state index contributed by atoms with van der Waals surface area (Å²) in [4.78, 5) is 22.3. The second-order valence-corrected chi connectivity index (χ2v) is 4.06. The van der Waals surface area contributed by atoms with Gasteiger partial charge in [-0.05, 0) is 24.6 Å². The molecule has 0 radical (unpaired) electrons. The number of carbonyl (C=O) groups is 2. The Morgan fingerprint density at radius 1 is 1.56 bits per heavy atom. The van der Waals surface area contributed by atoms with Crippen molar-refractivity contribution in [2.45, 2.75) is 19.4 Å². The van der Waals surface area contributed by atoms with E-state index in [2.05, 4.69) is 0 Å². The van der Waals surface area contributed by atoms with E-state index in [9.17, 15) is 9.59 Å². The Labute approximate surface area is 104 Å². The molecule has 1 aromatic carbocycles. The Kier molecular flexibility index (Phi) is 3.50. The molecule has 2 atom stereocenters. The predicted molar refractivity (Wildman–Crippen MR) is 62.2 cm³/mol. The van der Waals surface area contributed by atoms with E-state index >= 15 is 0 Å². The van der Waals surface area contributed by atoms with E-state index in [1.54, 1.807) is 24.3 Å². The molecule has 96 valence electrons. The normalized spacial score (nSPS) is 22.6. The molecule has 0 bridgehead atoms. The van der Waals surface area contributed by atoms with Crippen LogP contribution in [0.2, 0.25) is 0 Å². The molecular formula is C13H14O5. The van der Waals surface area contributed by atoms with Gasteiger partial charge in [-0.2, -0.15) is 0 Å². The van der Waals surface area contributed by atoms with Crippen LogP contribution >= 0.6 is 0 Å². The maximum Gasteiger partial charge on any atom is 0.311 e. The van der Waals surface area contributed by atoms with Crippen LogP contribution in [0.1, 0.15) is 25.0 Å². The first-order valence-electron chi connectivity index (χ1n) is 5.77. The summed E-state index contributed by atoms with van der Waals surface area (Å²) in [7, 11) is 0. The van der Waals surface area contributed by atoms with Crippen LogP contribution < -0.4 is 4.74 Å². The first-order chi connectivity index (χ1) is 8.61. The topological polar surface area (TPSA) is 72.8 Å². The summed E-state index contributed by atoms with van der Waals surface area (Å²) in [5.74, 6) is -1.68. The molecule has 0 saturated carbocycles. The molecule has 1 fully saturated rings. The quantitative estimate of drug-likeness (QED) is 0.824. The molecule has 5 heteroatoms. The standard InChI is InChI=1S/C13H14O5/c1-2-17-9-5-3-4-8(6-9)12-10(13(15)16)7-11(14)18-12/h3-6,10,12H,2,7H2,1H3,(H,15,16)/t10-,12+/m0/s1. The summed E-state index contributed by atoms with van der Waals surface area (Å²) in [6.07, 6.45) is -0.811. The van der Waals surface area contributed by atoms with Gasteiger partial charge in [0.1, 0.15) is 17.8 Å². The van der Waals surface area contributed by atoms with Crippen molar-refractivity contribution in [3.05, 3.63) is 29.8 Å².